The fourth-order valence-electron chi connectivity index (χ4n) is 3.78. The van der Waals surface area contributed by atoms with E-state index in [1.165, 1.54) is 0 Å². The fourth-order valence-corrected chi connectivity index (χ4v) is 3.78. The Labute approximate surface area is 154 Å². The van der Waals surface area contributed by atoms with E-state index in [4.69, 9.17) is 11.5 Å². The maximum absolute atomic E-state index is 6.83. The molecule has 1 aliphatic carbocycles. The molecule has 0 amide bonds. The lowest BCUT2D eigenvalue weighted by Crippen LogP contribution is -2.56. The lowest BCUT2D eigenvalue weighted by molar-refractivity contribution is 0.520. The SMILES string of the molecule is NC1(N)C(c2ccccc2)=CC=C(c2ccccc2)C1c1ccccc1. The molecule has 3 aromatic rings. The molecule has 1 aliphatic rings. The lowest BCUT2D eigenvalue weighted by Gasteiger charge is -2.40. The van der Waals surface area contributed by atoms with Crippen molar-refractivity contribution in [1.29, 1.82) is 0 Å². The molecule has 1 unspecified atom stereocenters. The Balaban J connectivity index is 1.91. The molecule has 0 saturated heterocycles. The predicted octanol–water partition coefficient (Wildman–Crippen LogP) is 4.56. The standard InChI is InChI=1S/C24H22N2/c25-24(26)22(19-12-6-2-7-13-19)17-16-21(18-10-4-1-5-11-18)23(24)20-14-8-3-9-15-20/h1-17,23H,25-26H2. The molecule has 0 bridgehead atoms. The summed E-state index contributed by atoms with van der Waals surface area (Å²) in [5.41, 5.74) is 18.1. The Hall–Kier alpha value is -2.94. The Morgan fingerprint density at radius 2 is 1.08 bits per heavy atom. The molecule has 0 radical (unpaired) electrons. The van der Waals surface area contributed by atoms with Crippen molar-refractivity contribution < 1.29 is 0 Å². The van der Waals surface area contributed by atoms with E-state index in [2.05, 4.69) is 48.6 Å². The van der Waals surface area contributed by atoms with Gasteiger partial charge in [0.1, 0.15) is 5.66 Å². The first kappa shape index (κ1) is 16.5. The summed E-state index contributed by atoms with van der Waals surface area (Å²) in [7, 11) is 0. The summed E-state index contributed by atoms with van der Waals surface area (Å²) in [6.07, 6.45) is 4.23. The number of benzene rings is 3. The summed E-state index contributed by atoms with van der Waals surface area (Å²) in [5.74, 6) is -0.133. The Kier molecular flexibility index (Phi) is 4.29. The Morgan fingerprint density at radius 3 is 1.65 bits per heavy atom. The third kappa shape index (κ3) is 2.90. The minimum atomic E-state index is -1.01. The molecule has 0 spiro atoms. The maximum atomic E-state index is 6.83. The third-order valence-electron chi connectivity index (χ3n) is 5.01. The second-order valence-corrected chi connectivity index (χ2v) is 6.71. The topological polar surface area (TPSA) is 52.0 Å². The second kappa shape index (κ2) is 6.75. The van der Waals surface area contributed by atoms with Crippen LogP contribution in [0.1, 0.15) is 22.6 Å². The van der Waals surface area contributed by atoms with Gasteiger partial charge in [0.25, 0.3) is 0 Å². The summed E-state index contributed by atoms with van der Waals surface area (Å²) in [4.78, 5) is 0. The minimum Gasteiger partial charge on any atom is -0.309 e. The van der Waals surface area contributed by atoms with Gasteiger partial charge in [0.05, 0.1) is 0 Å². The molecule has 1 atom stereocenters. The highest BCUT2D eigenvalue weighted by Crippen LogP contribution is 2.45. The average molecular weight is 338 g/mol. The first-order valence-corrected chi connectivity index (χ1v) is 8.84. The van der Waals surface area contributed by atoms with Crippen molar-refractivity contribution >= 4 is 11.1 Å². The van der Waals surface area contributed by atoms with Gasteiger partial charge in [-0.15, -0.1) is 0 Å². The van der Waals surface area contributed by atoms with Crippen LogP contribution in [0.5, 0.6) is 0 Å². The van der Waals surface area contributed by atoms with Crippen LogP contribution < -0.4 is 11.5 Å². The number of nitrogens with two attached hydrogens (primary N) is 2. The summed E-state index contributed by atoms with van der Waals surface area (Å²) >= 11 is 0. The highest BCUT2D eigenvalue weighted by atomic mass is 15.0. The normalized spacial score (nSPS) is 18.8. The molecule has 3 aromatic carbocycles. The highest BCUT2D eigenvalue weighted by molar-refractivity contribution is 5.87. The van der Waals surface area contributed by atoms with E-state index in [1.807, 2.05) is 54.6 Å². The molecule has 2 nitrogen and oxygen atoms in total. The van der Waals surface area contributed by atoms with E-state index in [1.54, 1.807) is 0 Å². The smallest absolute Gasteiger partial charge is 0.102 e. The summed E-state index contributed by atoms with van der Waals surface area (Å²) in [6.45, 7) is 0. The molecule has 4 N–H and O–H groups in total. The van der Waals surface area contributed by atoms with Gasteiger partial charge in [-0.1, -0.05) is 103 Å². The van der Waals surface area contributed by atoms with Crippen molar-refractivity contribution in [1.82, 2.24) is 0 Å². The molecular weight excluding hydrogens is 316 g/mol. The molecule has 0 heterocycles. The van der Waals surface area contributed by atoms with Gasteiger partial charge < -0.3 is 11.5 Å². The fraction of sp³-hybridized carbons (Fsp3) is 0.0833. The van der Waals surface area contributed by atoms with Crippen molar-refractivity contribution in [3.8, 4) is 0 Å². The van der Waals surface area contributed by atoms with Crippen LogP contribution in [0.2, 0.25) is 0 Å². The molecule has 2 heteroatoms. The Morgan fingerprint density at radius 1 is 0.577 bits per heavy atom. The first-order valence-electron chi connectivity index (χ1n) is 8.84. The van der Waals surface area contributed by atoms with Gasteiger partial charge in [0.15, 0.2) is 0 Å². The van der Waals surface area contributed by atoms with Crippen LogP contribution in [0.25, 0.3) is 11.1 Å². The molecule has 0 aromatic heterocycles. The number of hydrogen-bond donors (Lipinski definition) is 2. The second-order valence-electron chi connectivity index (χ2n) is 6.71. The van der Waals surface area contributed by atoms with E-state index in [9.17, 15) is 0 Å². The van der Waals surface area contributed by atoms with Crippen molar-refractivity contribution in [3.05, 3.63) is 120 Å². The molecule has 26 heavy (non-hydrogen) atoms. The van der Waals surface area contributed by atoms with Crippen molar-refractivity contribution in [2.45, 2.75) is 11.6 Å². The Bertz CT molecular complexity index is 939. The van der Waals surface area contributed by atoms with Gasteiger partial charge in [-0.2, -0.15) is 0 Å². The molecule has 4 rings (SSSR count). The summed E-state index contributed by atoms with van der Waals surface area (Å²) in [5, 5.41) is 0. The quantitative estimate of drug-likeness (QED) is 0.688. The van der Waals surface area contributed by atoms with Crippen molar-refractivity contribution in [2.75, 3.05) is 0 Å². The van der Waals surface area contributed by atoms with Gasteiger partial charge in [-0.05, 0) is 27.8 Å². The molecular formula is C24H22N2. The number of allylic oxidation sites excluding steroid dienone is 2. The van der Waals surface area contributed by atoms with Crippen LogP contribution in [-0.2, 0) is 0 Å². The van der Waals surface area contributed by atoms with Crippen LogP contribution >= 0.6 is 0 Å². The van der Waals surface area contributed by atoms with Crippen LogP contribution in [0.4, 0.5) is 0 Å². The molecule has 0 saturated carbocycles. The molecule has 0 fully saturated rings. The van der Waals surface area contributed by atoms with Gasteiger partial charge in [-0.3, -0.25) is 0 Å². The van der Waals surface area contributed by atoms with Gasteiger partial charge >= 0.3 is 0 Å². The van der Waals surface area contributed by atoms with Crippen LogP contribution in [-0.4, -0.2) is 5.66 Å². The lowest BCUT2D eigenvalue weighted by atomic mass is 9.70. The zero-order valence-corrected chi connectivity index (χ0v) is 14.5. The van der Waals surface area contributed by atoms with E-state index >= 15 is 0 Å². The maximum Gasteiger partial charge on any atom is 0.102 e. The highest BCUT2D eigenvalue weighted by Gasteiger charge is 2.40. The summed E-state index contributed by atoms with van der Waals surface area (Å²) < 4.78 is 0. The van der Waals surface area contributed by atoms with Crippen molar-refractivity contribution in [2.24, 2.45) is 11.5 Å². The molecule has 0 aliphatic heterocycles. The van der Waals surface area contributed by atoms with E-state index in [0.717, 1.165) is 27.8 Å². The average Bonchev–Trinajstić information content (AvgIpc) is 2.69. The third-order valence-corrected chi connectivity index (χ3v) is 5.01. The first-order chi connectivity index (χ1) is 12.7. The largest absolute Gasteiger partial charge is 0.309 e. The zero-order chi connectivity index (χ0) is 18.0. The van der Waals surface area contributed by atoms with Crippen LogP contribution in [0, 0.1) is 0 Å². The monoisotopic (exact) mass is 338 g/mol. The van der Waals surface area contributed by atoms with E-state index in [0.29, 0.717) is 0 Å². The number of hydrogen-bond acceptors (Lipinski definition) is 2. The van der Waals surface area contributed by atoms with Crippen LogP contribution in [0.15, 0.2) is 103 Å². The predicted molar refractivity (Wildman–Crippen MR) is 109 cm³/mol. The van der Waals surface area contributed by atoms with E-state index < -0.39 is 5.66 Å². The van der Waals surface area contributed by atoms with Gasteiger partial charge in [0, 0.05) is 5.92 Å². The number of rotatable bonds is 3. The molecule has 128 valence electrons. The van der Waals surface area contributed by atoms with Crippen molar-refractivity contribution in [3.63, 3.8) is 0 Å². The minimum absolute atomic E-state index is 0.133. The summed E-state index contributed by atoms with van der Waals surface area (Å²) in [6, 6.07) is 30.8. The zero-order valence-electron chi connectivity index (χ0n) is 14.5. The van der Waals surface area contributed by atoms with Gasteiger partial charge in [0.2, 0.25) is 0 Å². The van der Waals surface area contributed by atoms with Gasteiger partial charge in [-0.25, -0.2) is 0 Å². The van der Waals surface area contributed by atoms with Crippen LogP contribution in [0.3, 0.4) is 0 Å². The van der Waals surface area contributed by atoms with E-state index in [-0.39, 0.29) is 5.92 Å².